The van der Waals surface area contributed by atoms with Gasteiger partial charge in [-0.1, -0.05) is 50.6 Å². The Kier molecular flexibility index (Phi) is 7.87. The standard InChI is InChI=1S/C22H27NO5/c1-5-15(2)20(22(25)27-4)23-21(24)17-11-12-18(19(13-17)26-3)28-14-16-9-7-6-8-10-16/h6-13,15,20H,5,14H2,1-4H3,(H,23,24)/t15-,20-/m0/s1. The van der Waals surface area contributed by atoms with Crippen LogP contribution in [0.25, 0.3) is 0 Å². The van der Waals surface area contributed by atoms with Gasteiger partial charge in [-0.3, -0.25) is 4.79 Å². The molecular formula is C22H27NO5. The fourth-order valence-electron chi connectivity index (χ4n) is 2.68. The van der Waals surface area contributed by atoms with Crippen LogP contribution in [0.4, 0.5) is 0 Å². The van der Waals surface area contributed by atoms with E-state index in [4.69, 9.17) is 14.2 Å². The second-order valence-electron chi connectivity index (χ2n) is 6.50. The maximum atomic E-state index is 12.6. The van der Waals surface area contributed by atoms with Crippen LogP contribution in [0, 0.1) is 5.92 Å². The molecule has 0 bridgehead atoms. The van der Waals surface area contributed by atoms with Gasteiger partial charge in [-0.2, -0.15) is 0 Å². The van der Waals surface area contributed by atoms with Crippen LogP contribution in [0.1, 0.15) is 36.2 Å². The second kappa shape index (κ2) is 10.3. The highest BCUT2D eigenvalue weighted by Gasteiger charge is 2.27. The van der Waals surface area contributed by atoms with E-state index in [0.717, 1.165) is 12.0 Å². The average molecular weight is 385 g/mol. The maximum Gasteiger partial charge on any atom is 0.328 e. The van der Waals surface area contributed by atoms with Crippen molar-refractivity contribution in [2.75, 3.05) is 14.2 Å². The lowest BCUT2D eigenvalue weighted by Gasteiger charge is -2.22. The predicted octanol–water partition coefficient (Wildman–Crippen LogP) is 3.59. The summed E-state index contributed by atoms with van der Waals surface area (Å²) in [7, 11) is 2.83. The molecule has 6 heteroatoms. The zero-order valence-corrected chi connectivity index (χ0v) is 16.7. The van der Waals surface area contributed by atoms with Crippen molar-refractivity contribution in [2.24, 2.45) is 5.92 Å². The Hall–Kier alpha value is -3.02. The largest absolute Gasteiger partial charge is 0.493 e. The Balaban J connectivity index is 2.12. The van der Waals surface area contributed by atoms with Crippen LogP contribution in [-0.4, -0.2) is 32.1 Å². The second-order valence-corrected chi connectivity index (χ2v) is 6.50. The topological polar surface area (TPSA) is 73.9 Å². The SMILES string of the molecule is CC[C@H](C)[C@H](NC(=O)c1ccc(OCc2ccccc2)c(OC)c1)C(=O)OC. The first-order chi connectivity index (χ1) is 13.5. The van der Waals surface area contributed by atoms with E-state index < -0.39 is 12.0 Å². The average Bonchev–Trinajstić information content (AvgIpc) is 2.75. The highest BCUT2D eigenvalue weighted by molar-refractivity contribution is 5.97. The first kappa shape index (κ1) is 21.3. The Morgan fingerprint density at radius 2 is 1.75 bits per heavy atom. The van der Waals surface area contributed by atoms with Crippen LogP contribution in [0.2, 0.25) is 0 Å². The fraction of sp³-hybridized carbons (Fsp3) is 0.364. The third-order valence-electron chi connectivity index (χ3n) is 4.62. The molecule has 28 heavy (non-hydrogen) atoms. The molecule has 0 unspecified atom stereocenters. The Bertz CT molecular complexity index is 791. The molecule has 2 aromatic rings. The molecule has 0 saturated carbocycles. The number of methoxy groups -OCH3 is 2. The molecule has 0 saturated heterocycles. The molecule has 0 heterocycles. The molecule has 0 aliphatic carbocycles. The van der Waals surface area contributed by atoms with Crippen molar-refractivity contribution >= 4 is 11.9 Å². The summed E-state index contributed by atoms with van der Waals surface area (Å²) < 4.78 is 16.0. The minimum absolute atomic E-state index is 0.0493. The molecule has 0 radical (unpaired) electrons. The van der Waals surface area contributed by atoms with Crippen molar-refractivity contribution in [1.82, 2.24) is 5.32 Å². The molecule has 150 valence electrons. The van der Waals surface area contributed by atoms with Gasteiger partial charge in [0.2, 0.25) is 0 Å². The number of carbonyl (C=O) groups is 2. The molecule has 0 aliphatic rings. The summed E-state index contributed by atoms with van der Waals surface area (Å²) in [6.07, 6.45) is 0.732. The summed E-state index contributed by atoms with van der Waals surface area (Å²) in [6, 6.07) is 14.0. The quantitative estimate of drug-likeness (QED) is 0.668. The molecule has 6 nitrogen and oxygen atoms in total. The summed E-state index contributed by atoms with van der Waals surface area (Å²) in [5, 5.41) is 2.75. The zero-order valence-electron chi connectivity index (χ0n) is 16.7. The van der Waals surface area contributed by atoms with Gasteiger partial charge >= 0.3 is 5.97 Å². The first-order valence-electron chi connectivity index (χ1n) is 9.23. The van der Waals surface area contributed by atoms with E-state index in [-0.39, 0.29) is 11.8 Å². The van der Waals surface area contributed by atoms with Crippen LogP contribution in [0.5, 0.6) is 11.5 Å². The van der Waals surface area contributed by atoms with Crippen molar-refractivity contribution in [2.45, 2.75) is 32.9 Å². The normalized spacial score (nSPS) is 12.6. The predicted molar refractivity (Wildman–Crippen MR) is 106 cm³/mol. The summed E-state index contributed by atoms with van der Waals surface area (Å²) in [4.78, 5) is 24.6. The number of carbonyl (C=O) groups excluding carboxylic acids is 2. The zero-order chi connectivity index (χ0) is 20.5. The molecule has 1 N–H and O–H groups in total. The van der Waals surface area contributed by atoms with Crippen molar-refractivity contribution < 1.29 is 23.8 Å². The van der Waals surface area contributed by atoms with Crippen molar-refractivity contribution in [3.63, 3.8) is 0 Å². The third-order valence-corrected chi connectivity index (χ3v) is 4.62. The van der Waals surface area contributed by atoms with E-state index in [1.54, 1.807) is 18.2 Å². The van der Waals surface area contributed by atoms with Gasteiger partial charge < -0.3 is 19.5 Å². The van der Waals surface area contributed by atoms with E-state index in [0.29, 0.717) is 23.7 Å². The van der Waals surface area contributed by atoms with Crippen molar-refractivity contribution in [1.29, 1.82) is 0 Å². The molecule has 1 amide bonds. The number of rotatable bonds is 9. The highest BCUT2D eigenvalue weighted by atomic mass is 16.5. The van der Waals surface area contributed by atoms with Crippen LogP contribution >= 0.6 is 0 Å². The minimum atomic E-state index is -0.706. The van der Waals surface area contributed by atoms with E-state index in [2.05, 4.69) is 5.32 Å². The van der Waals surface area contributed by atoms with E-state index in [1.165, 1.54) is 14.2 Å². The van der Waals surface area contributed by atoms with Crippen molar-refractivity contribution in [3.8, 4) is 11.5 Å². The van der Waals surface area contributed by atoms with Gasteiger partial charge in [0.05, 0.1) is 14.2 Å². The summed E-state index contributed by atoms with van der Waals surface area (Å²) in [6.45, 7) is 4.23. The number of nitrogens with one attached hydrogen (secondary N) is 1. The van der Waals surface area contributed by atoms with Gasteiger partial charge in [-0.25, -0.2) is 4.79 Å². The molecule has 2 rings (SSSR count). The first-order valence-corrected chi connectivity index (χ1v) is 9.23. The maximum absolute atomic E-state index is 12.6. The Labute approximate surface area is 165 Å². The van der Waals surface area contributed by atoms with E-state index >= 15 is 0 Å². The Morgan fingerprint density at radius 3 is 2.36 bits per heavy atom. The lowest BCUT2D eigenvalue weighted by molar-refractivity contribution is -0.144. The van der Waals surface area contributed by atoms with Crippen LogP contribution in [0.3, 0.4) is 0 Å². The van der Waals surface area contributed by atoms with Gasteiger partial charge in [-0.15, -0.1) is 0 Å². The fourth-order valence-corrected chi connectivity index (χ4v) is 2.68. The van der Waals surface area contributed by atoms with E-state index in [9.17, 15) is 9.59 Å². The van der Waals surface area contributed by atoms with Gasteiger partial charge in [0.1, 0.15) is 12.6 Å². The number of hydrogen-bond donors (Lipinski definition) is 1. The minimum Gasteiger partial charge on any atom is -0.493 e. The molecule has 0 aromatic heterocycles. The van der Waals surface area contributed by atoms with Crippen molar-refractivity contribution in [3.05, 3.63) is 59.7 Å². The lowest BCUT2D eigenvalue weighted by Crippen LogP contribution is -2.45. The summed E-state index contributed by atoms with van der Waals surface area (Å²) >= 11 is 0. The summed E-state index contributed by atoms with van der Waals surface area (Å²) in [5.41, 5.74) is 1.40. The molecule has 0 aliphatic heterocycles. The smallest absolute Gasteiger partial charge is 0.328 e. The number of esters is 1. The van der Waals surface area contributed by atoms with Crippen LogP contribution in [-0.2, 0) is 16.1 Å². The lowest BCUT2D eigenvalue weighted by atomic mass is 9.99. The van der Waals surface area contributed by atoms with Gasteiger partial charge in [0.25, 0.3) is 5.91 Å². The monoisotopic (exact) mass is 385 g/mol. The molecule has 2 aromatic carbocycles. The van der Waals surface area contributed by atoms with Crippen LogP contribution < -0.4 is 14.8 Å². The van der Waals surface area contributed by atoms with Crippen LogP contribution in [0.15, 0.2) is 48.5 Å². The van der Waals surface area contributed by atoms with E-state index in [1.807, 2.05) is 44.2 Å². The number of benzene rings is 2. The van der Waals surface area contributed by atoms with Gasteiger partial charge in [0, 0.05) is 5.56 Å². The van der Waals surface area contributed by atoms with Gasteiger partial charge in [0.15, 0.2) is 11.5 Å². The summed E-state index contributed by atoms with van der Waals surface area (Å²) in [5.74, 6) is 0.101. The van der Waals surface area contributed by atoms with Gasteiger partial charge in [-0.05, 0) is 29.7 Å². The number of ether oxygens (including phenoxy) is 3. The highest BCUT2D eigenvalue weighted by Crippen LogP contribution is 2.29. The number of amides is 1. The number of hydrogen-bond acceptors (Lipinski definition) is 5. The molecular weight excluding hydrogens is 358 g/mol. The third kappa shape index (κ3) is 5.49. The molecule has 2 atom stereocenters. The Morgan fingerprint density at radius 1 is 1.04 bits per heavy atom. The molecule has 0 fully saturated rings. The molecule has 0 spiro atoms.